The van der Waals surface area contributed by atoms with E-state index in [0.29, 0.717) is 18.6 Å². The van der Waals surface area contributed by atoms with Crippen molar-refractivity contribution in [1.82, 2.24) is 0 Å². The van der Waals surface area contributed by atoms with Crippen LogP contribution in [-0.2, 0) is 14.3 Å². The molecule has 1 heterocycles. The Morgan fingerprint density at radius 1 is 1.03 bits per heavy atom. The van der Waals surface area contributed by atoms with Crippen LogP contribution in [0.4, 0.5) is 10.5 Å². The molecule has 1 aliphatic heterocycles. The van der Waals surface area contributed by atoms with Gasteiger partial charge < -0.3 is 14.2 Å². The van der Waals surface area contributed by atoms with Crippen molar-refractivity contribution in [3.05, 3.63) is 58.1 Å². The van der Waals surface area contributed by atoms with Crippen LogP contribution in [0.1, 0.15) is 74.1 Å². The number of carbonyl (C=O) groups is 4. The molecule has 8 nitrogen and oxygen atoms in total. The monoisotopic (exact) mass is 573 g/mol. The number of halogens is 1. The highest BCUT2D eigenvalue weighted by molar-refractivity contribution is 9.10. The van der Waals surface area contributed by atoms with Gasteiger partial charge in [0.25, 0.3) is 0 Å². The van der Waals surface area contributed by atoms with Crippen molar-refractivity contribution in [2.45, 2.75) is 59.7 Å². The second kappa shape index (κ2) is 12.5. The Morgan fingerprint density at radius 2 is 1.73 bits per heavy atom. The van der Waals surface area contributed by atoms with E-state index in [9.17, 15) is 19.2 Å². The van der Waals surface area contributed by atoms with E-state index in [2.05, 4.69) is 15.9 Å². The number of amides is 2. The van der Waals surface area contributed by atoms with E-state index in [0.717, 1.165) is 22.2 Å². The molecule has 198 valence electrons. The molecule has 2 aromatic rings. The maximum atomic E-state index is 13.7. The van der Waals surface area contributed by atoms with Crippen LogP contribution >= 0.6 is 15.9 Å². The van der Waals surface area contributed by atoms with Gasteiger partial charge >= 0.3 is 6.09 Å². The first-order valence-corrected chi connectivity index (χ1v) is 13.1. The molecule has 1 unspecified atom stereocenters. The molecular formula is C28H32BrNO7. The zero-order valence-electron chi connectivity index (χ0n) is 21.5. The number of ether oxygens (including phenoxy) is 3. The minimum Gasteiger partial charge on any atom is -0.464 e. The number of Topliss-reactive ketones (excluding diaryl/α,β-unsaturated/α-hetero) is 2. The molecule has 0 saturated carbocycles. The molecule has 1 aliphatic rings. The van der Waals surface area contributed by atoms with E-state index in [1.54, 1.807) is 64.1 Å². The Balaban J connectivity index is 2.09. The third kappa shape index (κ3) is 7.26. The number of hydrogen-bond donors (Lipinski definition) is 0. The quantitative estimate of drug-likeness (QED) is 0.268. The Labute approximate surface area is 225 Å². The predicted molar refractivity (Wildman–Crippen MR) is 142 cm³/mol. The van der Waals surface area contributed by atoms with Crippen molar-refractivity contribution in [2.24, 2.45) is 5.41 Å². The first kappa shape index (κ1) is 28.5. The van der Waals surface area contributed by atoms with E-state index in [-0.39, 0.29) is 23.6 Å². The van der Waals surface area contributed by atoms with Crippen LogP contribution in [0, 0.1) is 5.41 Å². The van der Waals surface area contributed by atoms with Gasteiger partial charge in [-0.25, -0.2) is 9.69 Å². The number of hydrogen-bond acceptors (Lipinski definition) is 7. The van der Waals surface area contributed by atoms with Gasteiger partial charge in [-0.1, -0.05) is 54.9 Å². The summed E-state index contributed by atoms with van der Waals surface area (Å²) in [6.07, 6.45) is 0.435. The van der Waals surface area contributed by atoms with Gasteiger partial charge in [-0.2, -0.15) is 0 Å². The summed E-state index contributed by atoms with van der Waals surface area (Å²) in [7, 11) is 0. The van der Waals surface area contributed by atoms with Crippen LogP contribution in [0.2, 0.25) is 0 Å². The summed E-state index contributed by atoms with van der Waals surface area (Å²) >= 11 is 3.33. The molecule has 0 bridgehead atoms. The largest absolute Gasteiger partial charge is 0.464 e. The maximum absolute atomic E-state index is 13.7. The summed E-state index contributed by atoms with van der Waals surface area (Å²) in [5.74, 6) is -1.43. The van der Waals surface area contributed by atoms with Crippen LogP contribution < -0.4 is 9.64 Å². The number of benzene rings is 2. The van der Waals surface area contributed by atoms with Crippen LogP contribution in [0.3, 0.4) is 0 Å². The molecule has 3 rings (SSSR count). The van der Waals surface area contributed by atoms with E-state index in [1.165, 1.54) is 6.07 Å². The van der Waals surface area contributed by atoms with Gasteiger partial charge in [0.2, 0.25) is 5.91 Å². The summed E-state index contributed by atoms with van der Waals surface area (Å²) in [6.45, 7) is 7.17. The second-order valence-electron chi connectivity index (χ2n) is 9.68. The first-order chi connectivity index (χ1) is 17.5. The van der Waals surface area contributed by atoms with Crippen molar-refractivity contribution in [3.63, 3.8) is 0 Å². The van der Waals surface area contributed by atoms with Gasteiger partial charge in [-0.15, -0.1) is 0 Å². The van der Waals surface area contributed by atoms with Gasteiger partial charge in [0.05, 0.1) is 30.9 Å². The molecule has 0 aromatic heterocycles. The maximum Gasteiger partial charge on any atom is 0.421 e. The Morgan fingerprint density at radius 3 is 2.32 bits per heavy atom. The van der Waals surface area contributed by atoms with Gasteiger partial charge in [-0.3, -0.25) is 14.4 Å². The van der Waals surface area contributed by atoms with Gasteiger partial charge in [0.1, 0.15) is 5.75 Å². The molecule has 9 heteroatoms. The molecule has 1 atom stereocenters. The Kier molecular flexibility index (Phi) is 9.62. The summed E-state index contributed by atoms with van der Waals surface area (Å²) in [5.41, 5.74) is -0.655. The highest BCUT2D eigenvalue weighted by Crippen LogP contribution is 2.35. The summed E-state index contributed by atoms with van der Waals surface area (Å²) in [4.78, 5) is 54.0. The van der Waals surface area contributed by atoms with Crippen LogP contribution in [0.25, 0.3) is 0 Å². The van der Waals surface area contributed by atoms with E-state index >= 15 is 0 Å². The number of carbonyl (C=O) groups excluding carboxylic acids is 4. The van der Waals surface area contributed by atoms with Crippen molar-refractivity contribution in [1.29, 1.82) is 0 Å². The van der Waals surface area contributed by atoms with Gasteiger partial charge in [0, 0.05) is 21.9 Å². The van der Waals surface area contributed by atoms with Crippen molar-refractivity contribution >= 4 is 45.2 Å². The van der Waals surface area contributed by atoms with Crippen LogP contribution in [0.5, 0.6) is 5.75 Å². The van der Waals surface area contributed by atoms with Crippen molar-refractivity contribution in [2.75, 3.05) is 18.1 Å². The van der Waals surface area contributed by atoms with Crippen molar-refractivity contribution < 1.29 is 33.4 Å². The van der Waals surface area contributed by atoms with E-state index < -0.39 is 41.7 Å². The Hall–Kier alpha value is -3.04. The van der Waals surface area contributed by atoms with E-state index in [1.807, 2.05) is 0 Å². The standard InChI is InChI=1S/C28H32BrNO7/c1-5-35-27(34)30(26(33)28(2,3)4)20-9-8-10-23(37-24-11-6-7-16-36-24)25(20)22(32)17-21(31)18-12-14-19(29)15-13-18/h8-10,12-15,24H,5-7,11,16-17H2,1-4H3. The average Bonchev–Trinajstić information content (AvgIpc) is 2.85. The lowest BCUT2D eigenvalue weighted by molar-refractivity contribution is -0.125. The normalized spacial score (nSPS) is 15.5. The fraction of sp³-hybridized carbons (Fsp3) is 0.429. The molecule has 0 aliphatic carbocycles. The predicted octanol–water partition coefficient (Wildman–Crippen LogP) is 6.35. The zero-order valence-corrected chi connectivity index (χ0v) is 23.1. The number of anilines is 1. The lowest BCUT2D eigenvalue weighted by atomic mass is 9.93. The van der Waals surface area contributed by atoms with E-state index in [4.69, 9.17) is 14.2 Å². The summed E-state index contributed by atoms with van der Waals surface area (Å²) < 4.78 is 17.7. The minimum absolute atomic E-state index is 0.000269. The molecule has 0 spiro atoms. The third-order valence-electron chi connectivity index (χ3n) is 5.70. The Bertz CT molecular complexity index is 1150. The number of rotatable bonds is 8. The average molecular weight is 574 g/mol. The van der Waals surface area contributed by atoms with Gasteiger partial charge in [0.15, 0.2) is 17.9 Å². The molecule has 0 N–H and O–H groups in total. The lowest BCUT2D eigenvalue weighted by Crippen LogP contribution is -2.45. The smallest absolute Gasteiger partial charge is 0.421 e. The molecule has 37 heavy (non-hydrogen) atoms. The SMILES string of the molecule is CCOC(=O)N(C(=O)C(C)(C)C)c1cccc(OC2CCCCO2)c1C(=O)CC(=O)c1ccc(Br)cc1. The molecular weight excluding hydrogens is 542 g/mol. The highest BCUT2D eigenvalue weighted by Gasteiger charge is 2.37. The number of imide groups is 1. The first-order valence-electron chi connectivity index (χ1n) is 12.3. The van der Waals surface area contributed by atoms with Gasteiger partial charge in [-0.05, 0) is 44.0 Å². The molecule has 1 saturated heterocycles. The molecule has 1 fully saturated rings. The molecule has 0 radical (unpaired) electrons. The minimum atomic E-state index is -0.969. The molecule has 2 aromatic carbocycles. The molecule has 2 amide bonds. The lowest BCUT2D eigenvalue weighted by Gasteiger charge is -2.30. The second-order valence-corrected chi connectivity index (χ2v) is 10.6. The fourth-order valence-corrected chi connectivity index (χ4v) is 4.08. The summed E-state index contributed by atoms with van der Waals surface area (Å²) in [6, 6.07) is 11.3. The van der Waals surface area contributed by atoms with Crippen molar-refractivity contribution in [3.8, 4) is 5.75 Å². The van der Waals surface area contributed by atoms with Crippen LogP contribution in [0.15, 0.2) is 46.9 Å². The topological polar surface area (TPSA) is 99.2 Å². The summed E-state index contributed by atoms with van der Waals surface area (Å²) in [5, 5.41) is 0. The third-order valence-corrected chi connectivity index (χ3v) is 6.23. The fourth-order valence-electron chi connectivity index (χ4n) is 3.82. The number of ketones is 2. The zero-order chi connectivity index (χ0) is 27.2. The highest BCUT2D eigenvalue weighted by atomic mass is 79.9. The van der Waals surface area contributed by atoms with Crippen LogP contribution in [-0.4, -0.2) is 43.1 Å². The number of nitrogens with zero attached hydrogens (tertiary/aromatic N) is 1.